The molecular weight excluding hydrogens is 364 g/mol. The van der Waals surface area contributed by atoms with Gasteiger partial charge in [0.2, 0.25) is 10.0 Å². The Labute approximate surface area is 155 Å². The first-order chi connectivity index (χ1) is 11.5. The van der Waals surface area contributed by atoms with Crippen LogP contribution in [0.5, 0.6) is 11.5 Å². The molecule has 0 radical (unpaired) electrons. The van der Waals surface area contributed by atoms with E-state index in [1.54, 1.807) is 6.07 Å². The summed E-state index contributed by atoms with van der Waals surface area (Å²) in [6.45, 7) is 0.722. The maximum Gasteiger partial charge on any atom is 0.243 e. The highest BCUT2D eigenvalue weighted by molar-refractivity contribution is 7.89. The molecule has 2 aromatic carbocycles. The molecular formula is C17H23ClN2O4S. The predicted octanol–water partition coefficient (Wildman–Crippen LogP) is 2.28. The van der Waals surface area contributed by atoms with Crippen LogP contribution in [-0.2, 0) is 16.6 Å². The first-order valence-electron chi connectivity index (χ1n) is 7.49. The summed E-state index contributed by atoms with van der Waals surface area (Å²) in [5.41, 5.74) is 6.51. The van der Waals surface area contributed by atoms with E-state index in [-0.39, 0.29) is 36.9 Å². The molecule has 0 aliphatic heterocycles. The van der Waals surface area contributed by atoms with E-state index in [1.165, 1.54) is 30.7 Å². The molecule has 2 aromatic rings. The van der Waals surface area contributed by atoms with E-state index in [9.17, 15) is 8.42 Å². The lowest BCUT2D eigenvalue weighted by Crippen LogP contribution is -2.34. The zero-order valence-corrected chi connectivity index (χ0v) is 15.8. The van der Waals surface area contributed by atoms with E-state index in [1.807, 2.05) is 30.3 Å². The van der Waals surface area contributed by atoms with Crippen molar-refractivity contribution >= 4 is 22.4 Å². The van der Waals surface area contributed by atoms with Crippen LogP contribution in [-0.4, -0.2) is 40.0 Å². The van der Waals surface area contributed by atoms with E-state index < -0.39 is 10.0 Å². The number of hydrogen-bond donors (Lipinski definition) is 1. The van der Waals surface area contributed by atoms with Gasteiger partial charge >= 0.3 is 0 Å². The first-order valence-corrected chi connectivity index (χ1v) is 8.93. The van der Waals surface area contributed by atoms with Crippen LogP contribution < -0.4 is 15.2 Å². The number of benzene rings is 2. The van der Waals surface area contributed by atoms with Gasteiger partial charge in [0.25, 0.3) is 0 Å². The van der Waals surface area contributed by atoms with E-state index >= 15 is 0 Å². The largest absolute Gasteiger partial charge is 0.493 e. The highest BCUT2D eigenvalue weighted by atomic mass is 35.5. The molecule has 0 saturated carbocycles. The van der Waals surface area contributed by atoms with Gasteiger partial charge in [-0.05, 0) is 17.7 Å². The average molecular weight is 387 g/mol. The molecule has 0 aliphatic carbocycles. The molecule has 0 unspecified atom stereocenters. The van der Waals surface area contributed by atoms with Crippen LogP contribution in [0.2, 0.25) is 0 Å². The Balaban J connectivity index is 0.00000312. The monoisotopic (exact) mass is 386 g/mol. The van der Waals surface area contributed by atoms with Gasteiger partial charge in [0.15, 0.2) is 11.5 Å². The van der Waals surface area contributed by atoms with Crippen molar-refractivity contribution < 1.29 is 17.9 Å². The maximum atomic E-state index is 13.0. The van der Waals surface area contributed by atoms with Crippen LogP contribution in [0.3, 0.4) is 0 Å². The second-order valence-corrected chi connectivity index (χ2v) is 7.07. The lowest BCUT2D eigenvalue weighted by Gasteiger charge is -2.22. The van der Waals surface area contributed by atoms with Crippen molar-refractivity contribution in [1.29, 1.82) is 0 Å². The molecule has 0 amide bonds. The highest BCUT2D eigenvalue weighted by Gasteiger charge is 2.25. The molecule has 0 saturated heterocycles. The molecule has 0 fully saturated rings. The summed E-state index contributed by atoms with van der Waals surface area (Å²) in [4.78, 5) is 0.143. The predicted molar refractivity (Wildman–Crippen MR) is 99.9 cm³/mol. The molecule has 2 rings (SSSR count). The van der Waals surface area contributed by atoms with Gasteiger partial charge in [-0.15, -0.1) is 12.4 Å². The van der Waals surface area contributed by atoms with Crippen molar-refractivity contribution in [2.24, 2.45) is 5.73 Å². The lowest BCUT2D eigenvalue weighted by atomic mass is 10.2. The highest BCUT2D eigenvalue weighted by Crippen LogP contribution is 2.30. The van der Waals surface area contributed by atoms with Gasteiger partial charge in [-0.2, -0.15) is 4.31 Å². The quantitative estimate of drug-likeness (QED) is 0.752. The molecule has 0 atom stereocenters. The van der Waals surface area contributed by atoms with Crippen LogP contribution in [0, 0.1) is 0 Å². The third-order valence-electron chi connectivity index (χ3n) is 3.57. The van der Waals surface area contributed by atoms with Crippen LogP contribution in [0.15, 0.2) is 53.4 Å². The van der Waals surface area contributed by atoms with Crippen molar-refractivity contribution in [3.8, 4) is 11.5 Å². The summed E-state index contributed by atoms with van der Waals surface area (Å²) in [6.07, 6.45) is 0. The van der Waals surface area contributed by atoms with Gasteiger partial charge in [0, 0.05) is 25.7 Å². The Bertz CT molecular complexity index is 769. The van der Waals surface area contributed by atoms with Gasteiger partial charge in [-0.1, -0.05) is 30.3 Å². The summed E-state index contributed by atoms with van der Waals surface area (Å²) in [5.74, 6) is 0.843. The minimum atomic E-state index is -3.70. The minimum Gasteiger partial charge on any atom is -0.493 e. The number of nitrogens with two attached hydrogens (primary N) is 1. The summed E-state index contributed by atoms with van der Waals surface area (Å²) >= 11 is 0. The van der Waals surface area contributed by atoms with Crippen LogP contribution >= 0.6 is 12.4 Å². The average Bonchev–Trinajstić information content (AvgIpc) is 2.61. The molecule has 0 spiro atoms. The number of sulfonamides is 1. The fraction of sp³-hybridized carbons (Fsp3) is 0.294. The molecule has 8 heteroatoms. The Kier molecular flexibility index (Phi) is 8.18. The summed E-state index contributed by atoms with van der Waals surface area (Å²) in [6, 6.07) is 13.9. The maximum absolute atomic E-state index is 13.0. The molecule has 6 nitrogen and oxygen atoms in total. The SMILES string of the molecule is COc1ccc(S(=O)(=O)N(CCN)Cc2ccccc2)cc1OC.Cl. The number of nitrogens with zero attached hydrogens (tertiary/aromatic N) is 1. The molecule has 0 heterocycles. The van der Waals surface area contributed by atoms with Crippen LogP contribution in [0.4, 0.5) is 0 Å². The Hall–Kier alpha value is -1.80. The van der Waals surface area contributed by atoms with E-state index in [0.29, 0.717) is 11.5 Å². The normalized spacial score (nSPS) is 11.0. The topological polar surface area (TPSA) is 81.9 Å². The summed E-state index contributed by atoms with van der Waals surface area (Å²) in [7, 11) is -0.731. The van der Waals surface area contributed by atoms with Crippen molar-refractivity contribution in [2.75, 3.05) is 27.3 Å². The van der Waals surface area contributed by atoms with Gasteiger partial charge in [0.1, 0.15) is 0 Å². The zero-order chi connectivity index (χ0) is 17.6. The Morgan fingerprint density at radius 2 is 1.64 bits per heavy atom. The van der Waals surface area contributed by atoms with Gasteiger partial charge in [0.05, 0.1) is 19.1 Å². The Morgan fingerprint density at radius 3 is 2.20 bits per heavy atom. The third-order valence-corrected chi connectivity index (χ3v) is 5.41. The van der Waals surface area contributed by atoms with Crippen molar-refractivity contribution in [3.05, 3.63) is 54.1 Å². The number of ether oxygens (including phenoxy) is 2. The molecule has 0 bridgehead atoms. The molecule has 138 valence electrons. The molecule has 2 N–H and O–H groups in total. The lowest BCUT2D eigenvalue weighted by molar-refractivity contribution is 0.353. The van der Waals surface area contributed by atoms with Gasteiger partial charge < -0.3 is 15.2 Å². The van der Waals surface area contributed by atoms with Crippen molar-refractivity contribution in [1.82, 2.24) is 4.31 Å². The first kappa shape index (κ1) is 21.2. The summed E-state index contributed by atoms with van der Waals surface area (Å²) in [5, 5.41) is 0. The van der Waals surface area contributed by atoms with E-state index in [4.69, 9.17) is 15.2 Å². The van der Waals surface area contributed by atoms with Crippen LogP contribution in [0.25, 0.3) is 0 Å². The van der Waals surface area contributed by atoms with E-state index in [0.717, 1.165) is 5.56 Å². The number of methoxy groups -OCH3 is 2. The number of rotatable bonds is 8. The third kappa shape index (κ3) is 5.09. The second-order valence-electron chi connectivity index (χ2n) is 5.13. The van der Waals surface area contributed by atoms with E-state index in [2.05, 4.69) is 0 Å². The molecule has 0 aromatic heterocycles. The van der Waals surface area contributed by atoms with Crippen LogP contribution in [0.1, 0.15) is 5.56 Å². The number of hydrogen-bond acceptors (Lipinski definition) is 5. The fourth-order valence-electron chi connectivity index (χ4n) is 2.34. The zero-order valence-electron chi connectivity index (χ0n) is 14.2. The molecule has 0 aliphatic rings. The van der Waals surface area contributed by atoms with Gasteiger partial charge in [-0.3, -0.25) is 0 Å². The van der Waals surface area contributed by atoms with Crippen molar-refractivity contribution in [3.63, 3.8) is 0 Å². The Morgan fingerprint density at radius 1 is 1.00 bits per heavy atom. The smallest absolute Gasteiger partial charge is 0.243 e. The number of halogens is 1. The van der Waals surface area contributed by atoms with Crippen molar-refractivity contribution in [2.45, 2.75) is 11.4 Å². The molecule has 25 heavy (non-hydrogen) atoms. The minimum absolute atomic E-state index is 0. The second kappa shape index (κ2) is 9.62. The summed E-state index contributed by atoms with van der Waals surface area (Å²) < 4.78 is 37.7. The standard InChI is InChI=1S/C17H22N2O4S.ClH/c1-22-16-9-8-15(12-17(16)23-2)24(20,21)19(11-10-18)13-14-6-4-3-5-7-14;/h3-9,12H,10-11,13,18H2,1-2H3;1H. The fourth-order valence-corrected chi connectivity index (χ4v) is 3.80. The van der Waals surface area contributed by atoms with Gasteiger partial charge in [-0.25, -0.2) is 8.42 Å².